The number of rotatable bonds is 5. The molecule has 0 radical (unpaired) electrons. The summed E-state index contributed by atoms with van der Waals surface area (Å²) in [5.41, 5.74) is 1.42. The minimum absolute atomic E-state index is 0.0834. The lowest BCUT2D eigenvalue weighted by molar-refractivity contribution is 0.120. The average molecular weight is 287 g/mol. The average Bonchev–Trinajstić information content (AvgIpc) is 2.83. The molecule has 3 atom stereocenters. The topological polar surface area (TPSA) is 29.5 Å². The molecule has 0 aliphatic carbocycles. The lowest BCUT2D eigenvalue weighted by Gasteiger charge is -2.34. The second-order valence-corrected chi connectivity index (χ2v) is 6.39. The maximum Gasteiger partial charge on any atom is 0.410 e. The summed E-state index contributed by atoms with van der Waals surface area (Å²) in [6, 6.07) is 11.0. The maximum absolute atomic E-state index is 11.9. The predicted molar refractivity (Wildman–Crippen MR) is 83.2 cm³/mol. The molecule has 2 saturated heterocycles. The molecule has 0 unspecified atom stereocenters. The van der Waals surface area contributed by atoms with E-state index >= 15 is 0 Å². The Bertz CT molecular complexity index is 473. The van der Waals surface area contributed by atoms with E-state index in [9.17, 15) is 4.79 Å². The molecule has 1 aromatic rings. The van der Waals surface area contributed by atoms with Crippen LogP contribution in [-0.2, 0) is 11.2 Å². The highest BCUT2D eigenvalue weighted by Crippen LogP contribution is 2.35. The SMILES string of the molecule is CCC[C@@H]1OC(=O)N2CC[C@H](CCc3ccccc3)C[C@H]12. The summed E-state index contributed by atoms with van der Waals surface area (Å²) < 4.78 is 5.55. The molecule has 2 aliphatic rings. The number of carbonyl (C=O) groups is 1. The molecule has 0 bridgehead atoms. The molecular formula is C18H25NO2. The first-order chi connectivity index (χ1) is 10.3. The molecule has 0 aromatic heterocycles. The number of nitrogens with zero attached hydrogens (tertiary/aromatic N) is 1. The summed E-state index contributed by atoms with van der Waals surface area (Å²) in [7, 11) is 0. The van der Waals surface area contributed by atoms with Crippen molar-refractivity contribution in [2.24, 2.45) is 5.92 Å². The van der Waals surface area contributed by atoms with Gasteiger partial charge in [-0.1, -0.05) is 43.7 Å². The van der Waals surface area contributed by atoms with E-state index in [-0.39, 0.29) is 12.2 Å². The summed E-state index contributed by atoms with van der Waals surface area (Å²) in [4.78, 5) is 13.9. The van der Waals surface area contributed by atoms with Gasteiger partial charge < -0.3 is 9.64 Å². The van der Waals surface area contributed by atoms with Crippen LogP contribution in [0.1, 0.15) is 44.6 Å². The van der Waals surface area contributed by atoms with E-state index in [1.165, 1.54) is 12.0 Å². The van der Waals surface area contributed by atoms with Crippen LogP contribution in [0.2, 0.25) is 0 Å². The second-order valence-electron chi connectivity index (χ2n) is 6.39. The van der Waals surface area contributed by atoms with Gasteiger partial charge in [-0.15, -0.1) is 0 Å². The number of cyclic esters (lactones) is 1. The van der Waals surface area contributed by atoms with Crippen molar-refractivity contribution < 1.29 is 9.53 Å². The fourth-order valence-corrected chi connectivity index (χ4v) is 3.74. The van der Waals surface area contributed by atoms with Crippen LogP contribution >= 0.6 is 0 Å². The standard InChI is InChI=1S/C18H25NO2/c1-2-6-17-16-13-15(11-12-19(16)18(20)21-17)10-9-14-7-4-3-5-8-14/h3-5,7-8,15-17H,2,6,9-13H2,1H3/t15-,16+,17-/m0/s1. The van der Waals surface area contributed by atoms with Gasteiger partial charge in [0.05, 0.1) is 6.04 Å². The van der Waals surface area contributed by atoms with Crippen molar-refractivity contribution in [3.63, 3.8) is 0 Å². The van der Waals surface area contributed by atoms with Crippen LogP contribution in [0, 0.1) is 5.92 Å². The zero-order valence-electron chi connectivity index (χ0n) is 12.8. The molecule has 1 aromatic carbocycles. The lowest BCUT2D eigenvalue weighted by Crippen LogP contribution is -2.43. The summed E-state index contributed by atoms with van der Waals surface area (Å²) in [5, 5.41) is 0. The summed E-state index contributed by atoms with van der Waals surface area (Å²) >= 11 is 0. The maximum atomic E-state index is 11.9. The third kappa shape index (κ3) is 3.22. The molecule has 2 aliphatic heterocycles. The van der Waals surface area contributed by atoms with Crippen molar-refractivity contribution in [2.45, 2.75) is 57.6 Å². The van der Waals surface area contributed by atoms with Crippen molar-refractivity contribution in [1.29, 1.82) is 0 Å². The molecule has 114 valence electrons. The van der Waals surface area contributed by atoms with E-state index in [0.717, 1.165) is 44.6 Å². The van der Waals surface area contributed by atoms with Crippen molar-refractivity contribution in [3.05, 3.63) is 35.9 Å². The first-order valence-corrected chi connectivity index (χ1v) is 8.29. The molecule has 0 N–H and O–H groups in total. The van der Waals surface area contributed by atoms with Crippen LogP contribution in [-0.4, -0.2) is 29.7 Å². The Balaban J connectivity index is 1.56. The second kappa shape index (κ2) is 6.50. The van der Waals surface area contributed by atoms with Gasteiger partial charge in [-0.25, -0.2) is 4.79 Å². The van der Waals surface area contributed by atoms with Gasteiger partial charge in [0.25, 0.3) is 0 Å². The van der Waals surface area contributed by atoms with E-state index in [1.54, 1.807) is 0 Å². The molecule has 0 saturated carbocycles. The van der Waals surface area contributed by atoms with Gasteiger partial charge in [-0.05, 0) is 43.6 Å². The Hall–Kier alpha value is -1.51. The Morgan fingerprint density at radius 3 is 2.81 bits per heavy atom. The van der Waals surface area contributed by atoms with Crippen LogP contribution in [0.15, 0.2) is 30.3 Å². The number of fused-ring (bicyclic) bond motifs is 1. The van der Waals surface area contributed by atoms with Crippen LogP contribution in [0.4, 0.5) is 4.79 Å². The van der Waals surface area contributed by atoms with E-state index in [1.807, 2.05) is 4.90 Å². The number of amides is 1. The van der Waals surface area contributed by atoms with Crippen LogP contribution in [0.5, 0.6) is 0 Å². The van der Waals surface area contributed by atoms with Crippen LogP contribution < -0.4 is 0 Å². The Morgan fingerprint density at radius 1 is 1.24 bits per heavy atom. The number of carbonyl (C=O) groups excluding carboxylic acids is 1. The Kier molecular flexibility index (Phi) is 4.47. The molecule has 3 rings (SSSR count). The number of aryl methyl sites for hydroxylation is 1. The largest absolute Gasteiger partial charge is 0.444 e. The first kappa shape index (κ1) is 14.4. The fourth-order valence-electron chi connectivity index (χ4n) is 3.74. The highest BCUT2D eigenvalue weighted by Gasteiger charge is 2.44. The molecule has 0 spiro atoms. The zero-order valence-corrected chi connectivity index (χ0v) is 12.8. The zero-order chi connectivity index (χ0) is 14.7. The number of hydrogen-bond acceptors (Lipinski definition) is 2. The van der Waals surface area contributed by atoms with Gasteiger partial charge in [0.2, 0.25) is 0 Å². The van der Waals surface area contributed by atoms with Crippen molar-refractivity contribution in [2.75, 3.05) is 6.54 Å². The monoisotopic (exact) mass is 287 g/mol. The van der Waals surface area contributed by atoms with Crippen LogP contribution in [0.25, 0.3) is 0 Å². The number of piperidine rings is 1. The van der Waals surface area contributed by atoms with Gasteiger partial charge in [0.1, 0.15) is 6.10 Å². The highest BCUT2D eigenvalue weighted by atomic mass is 16.6. The van der Waals surface area contributed by atoms with Gasteiger partial charge in [0, 0.05) is 6.54 Å². The van der Waals surface area contributed by atoms with E-state index in [2.05, 4.69) is 37.3 Å². The number of hydrogen-bond donors (Lipinski definition) is 0. The van der Waals surface area contributed by atoms with Gasteiger partial charge in [0.15, 0.2) is 0 Å². The first-order valence-electron chi connectivity index (χ1n) is 8.29. The number of ether oxygens (including phenoxy) is 1. The third-order valence-corrected chi connectivity index (χ3v) is 4.93. The molecule has 2 fully saturated rings. The van der Waals surface area contributed by atoms with Gasteiger partial charge in [-0.2, -0.15) is 0 Å². The molecule has 3 heteroatoms. The Labute approximate surface area is 127 Å². The quantitative estimate of drug-likeness (QED) is 0.818. The van der Waals surface area contributed by atoms with E-state index in [4.69, 9.17) is 4.74 Å². The minimum Gasteiger partial charge on any atom is -0.444 e. The number of benzene rings is 1. The minimum atomic E-state index is -0.0834. The fraction of sp³-hybridized carbons (Fsp3) is 0.611. The van der Waals surface area contributed by atoms with Gasteiger partial charge >= 0.3 is 6.09 Å². The van der Waals surface area contributed by atoms with Gasteiger partial charge in [-0.3, -0.25) is 0 Å². The molecule has 3 nitrogen and oxygen atoms in total. The summed E-state index contributed by atoms with van der Waals surface area (Å²) in [6.45, 7) is 3.04. The smallest absolute Gasteiger partial charge is 0.410 e. The Morgan fingerprint density at radius 2 is 2.05 bits per heavy atom. The lowest BCUT2D eigenvalue weighted by atomic mass is 9.84. The highest BCUT2D eigenvalue weighted by molar-refractivity contribution is 5.70. The third-order valence-electron chi connectivity index (χ3n) is 4.93. The summed E-state index contributed by atoms with van der Waals surface area (Å²) in [5.74, 6) is 0.723. The van der Waals surface area contributed by atoms with Crippen molar-refractivity contribution in [1.82, 2.24) is 4.90 Å². The normalized spacial score (nSPS) is 28.3. The van der Waals surface area contributed by atoms with Crippen molar-refractivity contribution >= 4 is 6.09 Å². The van der Waals surface area contributed by atoms with E-state index in [0.29, 0.717) is 6.04 Å². The molecule has 21 heavy (non-hydrogen) atoms. The summed E-state index contributed by atoms with van der Waals surface area (Å²) in [6.07, 6.45) is 6.73. The molecular weight excluding hydrogens is 262 g/mol. The molecule has 1 amide bonds. The van der Waals surface area contributed by atoms with Crippen LogP contribution in [0.3, 0.4) is 0 Å². The molecule has 2 heterocycles. The van der Waals surface area contributed by atoms with E-state index < -0.39 is 0 Å². The van der Waals surface area contributed by atoms with Crippen molar-refractivity contribution in [3.8, 4) is 0 Å². The predicted octanol–water partition coefficient (Wildman–Crippen LogP) is 4.02.